The van der Waals surface area contributed by atoms with E-state index >= 15 is 0 Å². The van der Waals surface area contributed by atoms with E-state index < -0.39 is 0 Å². The van der Waals surface area contributed by atoms with Crippen LogP contribution in [0.2, 0.25) is 5.15 Å². The summed E-state index contributed by atoms with van der Waals surface area (Å²) in [4.78, 5) is 12.0. The highest BCUT2D eigenvalue weighted by atomic mass is 35.5. The van der Waals surface area contributed by atoms with E-state index in [0.717, 1.165) is 10.9 Å². The molecule has 0 aliphatic carbocycles. The maximum atomic E-state index is 5.74. The Balaban J connectivity index is 2.57. The summed E-state index contributed by atoms with van der Waals surface area (Å²) in [6, 6.07) is 3.55. The van der Waals surface area contributed by atoms with Crippen molar-refractivity contribution in [2.75, 3.05) is 0 Å². The van der Waals surface area contributed by atoms with E-state index in [-0.39, 0.29) is 0 Å². The number of rotatable bonds is 0. The summed E-state index contributed by atoms with van der Waals surface area (Å²) in [6.45, 7) is 0. The summed E-state index contributed by atoms with van der Waals surface area (Å²) in [6.07, 6.45) is 3.09. The monoisotopic (exact) mass is 205 g/mol. The normalized spacial score (nSPS) is 11.2. The molecule has 0 fully saturated rings. The van der Waals surface area contributed by atoms with Gasteiger partial charge >= 0.3 is 0 Å². The minimum Gasteiger partial charge on any atom is -0.434 e. The molecule has 3 aromatic heterocycles. The number of pyridine rings is 1. The van der Waals surface area contributed by atoms with Crippen LogP contribution in [0.1, 0.15) is 0 Å². The average Bonchev–Trinajstić information content (AvgIpc) is 2.54. The minimum atomic E-state index is 0.407. The van der Waals surface area contributed by atoms with Crippen LogP contribution in [0.25, 0.3) is 22.2 Å². The summed E-state index contributed by atoms with van der Waals surface area (Å²) >= 11 is 5.74. The number of furan rings is 1. The Morgan fingerprint density at radius 3 is 3.14 bits per heavy atom. The lowest BCUT2D eigenvalue weighted by atomic mass is 10.3. The molecule has 0 unspecified atom stereocenters. The number of aromatic nitrogens is 3. The molecule has 0 bridgehead atoms. The van der Waals surface area contributed by atoms with E-state index in [1.807, 2.05) is 6.07 Å². The average molecular weight is 206 g/mol. The first-order valence-electron chi connectivity index (χ1n) is 3.99. The molecule has 4 nitrogen and oxygen atoms in total. The van der Waals surface area contributed by atoms with Gasteiger partial charge < -0.3 is 4.42 Å². The molecule has 3 heterocycles. The second-order valence-electron chi connectivity index (χ2n) is 2.82. The Labute approximate surface area is 83.6 Å². The lowest BCUT2D eigenvalue weighted by Crippen LogP contribution is -1.76. The predicted octanol–water partition coefficient (Wildman–Crippen LogP) is 2.42. The highest BCUT2D eigenvalue weighted by Crippen LogP contribution is 2.25. The fraction of sp³-hybridized carbons (Fsp3) is 0. The Hall–Kier alpha value is -1.68. The van der Waals surface area contributed by atoms with Crippen molar-refractivity contribution in [3.8, 4) is 0 Å². The fourth-order valence-electron chi connectivity index (χ4n) is 1.37. The third kappa shape index (κ3) is 0.975. The molecule has 0 aromatic carbocycles. The van der Waals surface area contributed by atoms with Gasteiger partial charge in [0.05, 0.1) is 11.6 Å². The summed E-state index contributed by atoms with van der Waals surface area (Å²) in [5.74, 6) is 0. The largest absolute Gasteiger partial charge is 0.434 e. The zero-order valence-electron chi connectivity index (χ0n) is 6.94. The van der Waals surface area contributed by atoms with Crippen molar-refractivity contribution < 1.29 is 4.42 Å². The highest BCUT2D eigenvalue weighted by Gasteiger charge is 2.08. The van der Waals surface area contributed by atoms with Gasteiger partial charge in [-0.15, -0.1) is 0 Å². The minimum absolute atomic E-state index is 0.407. The molecule has 0 aliphatic rings. The molecular weight excluding hydrogens is 202 g/mol. The van der Waals surface area contributed by atoms with Crippen LogP contribution in [0.3, 0.4) is 0 Å². The molecule has 3 rings (SSSR count). The first-order valence-corrected chi connectivity index (χ1v) is 4.37. The van der Waals surface area contributed by atoms with Crippen molar-refractivity contribution in [1.29, 1.82) is 0 Å². The van der Waals surface area contributed by atoms with Crippen molar-refractivity contribution in [3.63, 3.8) is 0 Å². The molecule has 0 amide bonds. The number of hydrogen-bond acceptors (Lipinski definition) is 4. The van der Waals surface area contributed by atoms with E-state index in [9.17, 15) is 0 Å². The zero-order valence-corrected chi connectivity index (χ0v) is 7.69. The topological polar surface area (TPSA) is 51.8 Å². The summed E-state index contributed by atoms with van der Waals surface area (Å²) in [7, 11) is 0. The molecule has 0 atom stereocenters. The Kier molecular flexibility index (Phi) is 1.46. The van der Waals surface area contributed by atoms with Crippen LogP contribution in [0.15, 0.2) is 29.1 Å². The quantitative estimate of drug-likeness (QED) is 0.529. The molecule has 0 radical (unpaired) electrons. The van der Waals surface area contributed by atoms with Crippen LogP contribution in [0, 0.1) is 0 Å². The van der Waals surface area contributed by atoms with Gasteiger partial charge in [-0.05, 0) is 12.1 Å². The maximum absolute atomic E-state index is 5.74. The van der Waals surface area contributed by atoms with Gasteiger partial charge in [-0.3, -0.25) is 0 Å². The number of nitrogens with zero attached hydrogens (tertiary/aromatic N) is 3. The molecular formula is C9H4ClN3O. The zero-order chi connectivity index (χ0) is 9.54. The first-order chi connectivity index (χ1) is 6.84. The molecule has 0 N–H and O–H groups in total. The second kappa shape index (κ2) is 2.65. The third-order valence-electron chi connectivity index (χ3n) is 1.97. The van der Waals surface area contributed by atoms with Crippen LogP contribution in [-0.4, -0.2) is 15.0 Å². The molecule has 68 valence electrons. The number of fused-ring (bicyclic) bond motifs is 3. The van der Waals surface area contributed by atoms with Gasteiger partial charge in [-0.1, -0.05) is 11.6 Å². The van der Waals surface area contributed by atoms with Gasteiger partial charge in [0.15, 0.2) is 5.58 Å². The Morgan fingerprint density at radius 2 is 2.21 bits per heavy atom. The summed E-state index contributed by atoms with van der Waals surface area (Å²) in [5, 5.41) is 1.26. The van der Waals surface area contributed by atoms with Gasteiger partial charge in [0, 0.05) is 0 Å². The first kappa shape index (κ1) is 7.70. The van der Waals surface area contributed by atoms with Gasteiger partial charge in [0.1, 0.15) is 17.0 Å². The van der Waals surface area contributed by atoms with Crippen LogP contribution < -0.4 is 0 Å². The van der Waals surface area contributed by atoms with Gasteiger partial charge in [-0.2, -0.15) is 0 Å². The van der Waals surface area contributed by atoms with Crippen molar-refractivity contribution in [3.05, 3.63) is 29.8 Å². The lowest BCUT2D eigenvalue weighted by molar-refractivity contribution is 0.651. The SMILES string of the molecule is Clc1ccc2c(n1)oc1cncnc12. The van der Waals surface area contributed by atoms with Crippen molar-refractivity contribution in [2.45, 2.75) is 0 Å². The van der Waals surface area contributed by atoms with E-state index in [0.29, 0.717) is 16.4 Å². The molecule has 3 aromatic rings. The highest BCUT2D eigenvalue weighted by molar-refractivity contribution is 6.29. The molecule has 14 heavy (non-hydrogen) atoms. The van der Waals surface area contributed by atoms with Gasteiger partial charge in [0.25, 0.3) is 0 Å². The number of hydrogen-bond donors (Lipinski definition) is 0. The summed E-state index contributed by atoms with van der Waals surface area (Å²) < 4.78 is 5.41. The molecule has 0 aliphatic heterocycles. The number of halogens is 1. The van der Waals surface area contributed by atoms with Gasteiger partial charge in [-0.25, -0.2) is 15.0 Å². The van der Waals surface area contributed by atoms with Crippen molar-refractivity contribution in [1.82, 2.24) is 15.0 Å². The van der Waals surface area contributed by atoms with Crippen LogP contribution >= 0.6 is 11.6 Å². The predicted molar refractivity (Wildman–Crippen MR) is 52.1 cm³/mol. The Morgan fingerprint density at radius 1 is 1.29 bits per heavy atom. The fourth-order valence-corrected chi connectivity index (χ4v) is 1.51. The van der Waals surface area contributed by atoms with Crippen LogP contribution in [0.5, 0.6) is 0 Å². The van der Waals surface area contributed by atoms with E-state index in [2.05, 4.69) is 15.0 Å². The lowest BCUT2D eigenvalue weighted by Gasteiger charge is -1.87. The molecule has 0 spiro atoms. The molecule has 0 saturated carbocycles. The second-order valence-corrected chi connectivity index (χ2v) is 3.21. The molecule has 0 saturated heterocycles. The van der Waals surface area contributed by atoms with Crippen LogP contribution in [-0.2, 0) is 0 Å². The third-order valence-corrected chi connectivity index (χ3v) is 2.18. The summed E-state index contributed by atoms with van der Waals surface area (Å²) in [5.41, 5.74) is 1.88. The van der Waals surface area contributed by atoms with E-state index in [1.54, 1.807) is 12.3 Å². The van der Waals surface area contributed by atoms with Gasteiger partial charge in [0.2, 0.25) is 5.71 Å². The Bertz CT molecular complexity index is 620. The van der Waals surface area contributed by atoms with Crippen LogP contribution in [0.4, 0.5) is 0 Å². The van der Waals surface area contributed by atoms with E-state index in [1.165, 1.54) is 6.33 Å². The standard InChI is InChI=1S/C9H4ClN3O/c10-7-2-1-5-8-6(3-11-4-12-8)14-9(5)13-7/h1-4H. The van der Waals surface area contributed by atoms with E-state index in [4.69, 9.17) is 16.0 Å². The molecule has 5 heteroatoms. The van der Waals surface area contributed by atoms with Crippen molar-refractivity contribution in [2.24, 2.45) is 0 Å². The van der Waals surface area contributed by atoms with Crippen molar-refractivity contribution >= 4 is 33.8 Å². The smallest absolute Gasteiger partial charge is 0.230 e. The maximum Gasteiger partial charge on any atom is 0.230 e.